The van der Waals surface area contributed by atoms with Crippen LogP contribution in [-0.4, -0.2) is 18.9 Å². The Morgan fingerprint density at radius 1 is 1.22 bits per heavy atom. The molecule has 0 radical (unpaired) electrons. The van der Waals surface area contributed by atoms with E-state index in [0.717, 1.165) is 25.3 Å². The molecule has 0 unspecified atom stereocenters. The number of aryl methyl sites for hydroxylation is 2. The maximum atomic E-state index is 4.48. The van der Waals surface area contributed by atoms with Crippen molar-refractivity contribution in [1.82, 2.24) is 5.32 Å². The molecule has 0 amide bonds. The Bertz CT molecular complexity index is 427. The van der Waals surface area contributed by atoms with E-state index in [2.05, 4.69) is 50.1 Å². The summed E-state index contributed by atoms with van der Waals surface area (Å²) in [5, 5.41) is 3.35. The lowest BCUT2D eigenvalue weighted by Gasteiger charge is -2.14. The van der Waals surface area contributed by atoms with Gasteiger partial charge >= 0.3 is 0 Å². The molecule has 0 fully saturated rings. The van der Waals surface area contributed by atoms with Gasteiger partial charge in [0.15, 0.2) is 0 Å². The summed E-state index contributed by atoms with van der Waals surface area (Å²) in [5.41, 5.74) is 5.66. The lowest BCUT2D eigenvalue weighted by Crippen LogP contribution is -2.21. The van der Waals surface area contributed by atoms with Crippen LogP contribution in [0.25, 0.3) is 0 Å². The van der Waals surface area contributed by atoms with Crippen molar-refractivity contribution in [3.8, 4) is 0 Å². The third kappa shape index (κ3) is 3.26. The van der Waals surface area contributed by atoms with Crippen molar-refractivity contribution in [3.05, 3.63) is 34.4 Å². The third-order valence-corrected chi connectivity index (χ3v) is 3.47. The number of aliphatic imine (C=N–C) groups is 1. The Labute approximate surface area is 116 Å². The predicted molar refractivity (Wildman–Crippen MR) is 81.3 cm³/mol. The van der Waals surface area contributed by atoms with Gasteiger partial charge in [0.05, 0.1) is 6.54 Å². The number of amidine groups is 1. The average molecular weight is 267 g/mol. The molecule has 1 aromatic rings. The molecule has 2 nitrogen and oxygen atoms in total. The van der Waals surface area contributed by atoms with Crippen LogP contribution >= 0.6 is 12.4 Å². The van der Waals surface area contributed by atoms with Gasteiger partial charge in [-0.05, 0) is 42.0 Å². The second-order valence-electron chi connectivity index (χ2n) is 5.22. The lowest BCUT2D eigenvalue weighted by molar-refractivity contribution is 0.860. The summed E-state index contributed by atoms with van der Waals surface area (Å²) in [6, 6.07) is 4.64. The fourth-order valence-electron chi connectivity index (χ4n) is 2.37. The standard InChI is InChI=1S/C15H22N2.ClH/c1-10(2)13-7-11(3)14(12(4)8-13)9-15-16-5-6-17-15;/h7-8,10H,5-6,9H2,1-4H3,(H,16,17);1H. The highest BCUT2D eigenvalue weighted by Crippen LogP contribution is 2.22. The molecule has 0 spiro atoms. The SMILES string of the molecule is Cc1cc(C(C)C)cc(C)c1CC1=NCCN1.Cl. The van der Waals surface area contributed by atoms with Crippen LogP contribution in [0.3, 0.4) is 0 Å². The minimum Gasteiger partial charge on any atom is -0.372 e. The molecular weight excluding hydrogens is 244 g/mol. The normalized spacial score (nSPS) is 14.2. The average Bonchev–Trinajstić information content (AvgIpc) is 2.75. The van der Waals surface area contributed by atoms with Crippen LogP contribution in [-0.2, 0) is 6.42 Å². The van der Waals surface area contributed by atoms with Crippen molar-refractivity contribution in [2.45, 2.75) is 40.0 Å². The van der Waals surface area contributed by atoms with Crippen LogP contribution in [0.5, 0.6) is 0 Å². The van der Waals surface area contributed by atoms with E-state index in [1.807, 2.05) is 0 Å². The van der Waals surface area contributed by atoms with Crippen LogP contribution in [0, 0.1) is 13.8 Å². The van der Waals surface area contributed by atoms with E-state index in [9.17, 15) is 0 Å². The van der Waals surface area contributed by atoms with Crippen LogP contribution in [0.4, 0.5) is 0 Å². The molecule has 18 heavy (non-hydrogen) atoms. The zero-order valence-electron chi connectivity index (χ0n) is 11.7. The molecule has 0 aromatic heterocycles. The maximum Gasteiger partial charge on any atom is 0.101 e. The Balaban J connectivity index is 0.00000162. The molecule has 100 valence electrons. The Morgan fingerprint density at radius 3 is 2.28 bits per heavy atom. The van der Waals surface area contributed by atoms with E-state index >= 15 is 0 Å². The minimum absolute atomic E-state index is 0. The monoisotopic (exact) mass is 266 g/mol. The molecular formula is C15H23ClN2. The van der Waals surface area contributed by atoms with Crippen molar-refractivity contribution < 1.29 is 0 Å². The molecule has 0 atom stereocenters. The summed E-state index contributed by atoms with van der Waals surface area (Å²) < 4.78 is 0. The van der Waals surface area contributed by atoms with Gasteiger partial charge in [0, 0.05) is 13.0 Å². The quantitative estimate of drug-likeness (QED) is 0.891. The smallest absolute Gasteiger partial charge is 0.101 e. The maximum absolute atomic E-state index is 4.48. The second kappa shape index (κ2) is 6.24. The first kappa shape index (κ1) is 15.0. The van der Waals surface area contributed by atoms with Gasteiger partial charge in [0.1, 0.15) is 5.84 Å². The molecule has 1 aliphatic heterocycles. The molecule has 0 aliphatic carbocycles. The summed E-state index contributed by atoms with van der Waals surface area (Å²) in [6.07, 6.45) is 0.954. The summed E-state index contributed by atoms with van der Waals surface area (Å²) in [5.74, 6) is 1.75. The van der Waals surface area contributed by atoms with E-state index in [1.54, 1.807) is 0 Å². The summed E-state index contributed by atoms with van der Waals surface area (Å²) in [6.45, 7) is 10.8. The highest BCUT2D eigenvalue weighted by Gasteiger charge is 2.12. The zero-order valence-corrected chi connectivity index (χ0v) is 12.5. The molecule has 1 heterocycles. The van der Waals surface area contributed by atoms with Crippen molar-refractivity contribution in [2.24, 2.45) is 4.99 Å². The number of benzene rings is 1. The van der Waals surface area contributed by atoms with Crippen LogP contribution in [0.15, 0.2) is 17.1 Å². The summed E-state index contributed by atoms with van der Waals surface area (Å²) >= 11 is 0. The molecule has 1 aromatic carbocycles. The molecule has 1 N–H and O–H groups in total. The van der Waals surface area contributed by atoms with Crippen LogP contribution < -0.4 is 5.32 Å². The van der Waals surface area contributed by atoms with Crippen LogP contribution in [0.2, 0.25) is 0 Å². The first-order valence-corrected chi connectivity index (χ1v) is 6.45. The molecule has 0 saturated carbocycles. The van der Waals surface area contributed by atoms with Crippen molar-refractivity contribution in [3.63, 3.8) is 0 Å². The largest absolute Gasteiger partial charge is 0.372 e. The fraction of sp³-hybridized carbons (Fsp3) is 0.533. The van der Waals surface area contributed by atoms with Gasteiger partial charge in [0.25, 0.3) is 0 Å². The summed E-state index contributed by atoms with van der Waals surface area (Å²) in [7, 11) is 0. The number of rotatable bonds is 3. The van der Waals surface area contributed by atoms with E-state index in [0.29, 0.717) is 5.92 Å². The van der Waals surface area contributed by atoms with Gasteiger partial charge in [-0.3, -0.25) is 4.99 Å². The number of nitrogens with one attached hydrogen (secondary N) is 1. The Morgan fingerprint density at radius 2 is 1.83 bits per heavy atom. The van der Waals surface area contributed by atoms with E-state index in [-0.39, 0.29) is 12.4 Å². The fourth-order valence-corrected chi connectivity index (χ4v) is 2.37. The van der Waals surface area contributed by atoms with Gasteiger partial charge in [-0.25, -0.2) is 0 Å². The molecule has 2 rings (SSSR count). The first-order chi connectivity index (χ1) is 8.08. The van der Waals surface area contributed by atoms with Gasteiger partial charge in [-0.1, -0.05) is 26.0 Å². The first-order valence-electron chi connectivity index (χ1n) is 6.45. The highest BCUT2D eigenvalue weighted by molar-refractivity contribution is 5.86. The number of nitrogens with zero attached hydrogens (tertiary/aromatic N) is 1. The van der Waals surface area contributed by atoms with E-state index < -0.39 is 0 Å². The van der Waals surface area contributed by atoms with Gasteiger partial charge < -0.3 is 5.32 Å². The predicted octanol–water partition coefficient (Wildman–Crippen LogP) is 3.39. The van der Waals surface area contributed by atoms with Crippen molar-refractivity contribution in [1.29, 1.82) is 0 Å². The topological polar surface area (TPSA) is 24.4 Å². The highest BCUT2D eigenvalue weighted by atomic mass is 35.5. The Kier molecular flexibility index (Phi) is 5.21. The van der Waals surface area contributed by atoms with E-state index in [1.165, 1.54) is 22.3 Å². The number of halogens is 1. The van der Waals surface area contributed by atoms with Gasteiger partial charge in [0.2, 0.25) is 0 Å². The number of hydrogen-bond acceptors (Lipinski definition) is 2. The second-order valence-corrected chi connectivity index (χ2v) is 5.22. The lowest BCUT2D eigenvalue weighted by atomic mass is 9.92. The number of hydrogen-bond donors (Lipinski definition) is 1. The molecule has 3 heteroatoms. The molecule has 1 aliphatic rings. The molecule has 0 bridgehead atoms. The van der Waals surface area contributed by atoms with E-state index in [4.69, 9.17) is 0 Å². The third-order valence-electron chi connectivity index (χ3n) is 3.47. The zero-order chi connectivity index (χ0) is 12.4. The van der Waals surface area contributed by atoms with Gasteiger partial charge in [-0.15, -0.1) is 12.4 Å². The van der Waals surface area contributed by atoms with Gasteiger partial charge in [-0.2, -0.15) is 0 Å². The van der Waals surface area contributed by atoms with Crippen LogP contribution in [0.1, 0.15) is 42.0 Å². The van der Waals surface area contributed by atoms with Crippen molar-refractivity contribution in [2.75, 3.05) is 13.1 Å². The molecule has 0 saturated heterocycles. The minimum atomic E-state index is 0. The van der Waals surface area contributed by atoms with Crippen molar-refractivity contribution >= 4 is 18.2 Å². The summed E-state index contributed by atoms with van der Waals surface area (Å²) in [4.78, 5) is 4.48. The Hall–Kier alpha value is -1.02.